The second-order valence-corrected chi connectivity index (χ2v) is 8.80. The first-order valence-electron chi connectivity index (χ1n) is 11.2. The fourth-order valence-corrected chi connectivity index (χ4v) is 3.64. The maximum absolute atomic E-state index is 13.7. The molecule has 3 N–H and O–H groups in total. The molecule has 3 rings (SSSR count). The lowest BCUT2D eigenvalue weighted by molar-refractivity contribution is -0.128. The molecule has 0 spiro atoms. The number of aryl methyl sites for hydroxylation is 1. The summed E-state index contributed by atoms with van der Waals surface area (Å²) in [6.07, 6.45) is 2.36. The lowest BCUT2D eigenvalue weighted by atomic mass is 9.96. The van der Waals surface area contributed by atoms with Gasteiger partial charge in [-0.15, -0.1) is 0 Å². The number of amides is 1. The lowest BCUT2D eigenvalue weighted by Crippen LogP contribution is -2.47. The zero-order valence-corrected chi connectivity index (χ0v) is 19.6. The number of nitrogen functional groups attached to an aromatic ring is 1. The maximum Gasteiger partial charge on any atom is 0.234 e. The van der Waals surface area contributed by atoms with E-state index in [0.29, 0.717) is 17.8 Å². The van der Waals surface area contributed by atoms with Crippen LogP contribution in [0.15, 0.2) is 48.7 Å². The van der Waals surface area contributed by atoms with Gasteiger partial charge in [-0.3, -0.25) is 14.5 Å². The van der Waals surface area contributed by atoms with Gasteiger partial charge in [-0.2, -0.15) is 0 Å². The number of carbonyl (C=O) groups is 2. The second kappa shape index (κ2) is 12.4. The van der Waals surface area contributed by atoms with Gasteiger partial charge < -0.3 is 11.1 Å². The molecule has 1 atom stereocenters. The van der Waals surface area contributed by atoms with Crippen LogP contribution in [-0.4, -0.2) is 47.3 Å². The number of nitrogens with two attached hydrogens (primary N) is 1. The topological polar surface area (TPSA) is 88.3 Å². The van der Waals surface area contributed by atoms with Crippen molar-refractivity contribution in [2.75, 3.05) is 19.3 Å². The number of hydrogen-bond acceptors (Lipinski definition) is 5. The number of fused-ring (bicyclic) bond motifs is 1. The number of benzene rings is 2. The summed E-state index contributed by atoms with van der Waals surface area (Å²) in [7, 11) is 1.82. The molecule has 0 unspecified atom stereocenters. The summed E-state index contributed by atoms with van der Waals surface area (Å²) in [5, 5.41) is 4.56. The minimum absolute atomic E-state index is 0. The van der Waals surface area contributed by atoms with Crippen molar-refractivity contribution in [2.45, 2.75) is 52.6 Å². The summed E-state index contributed by atoms with van der Waals surface area (Å²) in [4.78, 5) is 31.6. The van der Waals surface area contributed by atoms with Crippen LogP contribution in [0.3, 0.4) is 0 Å². The van der Waals surface area contributed by atoms with E-state index in [0.717, 1.165) is 28.5 Å². The quantitative estimate of drug-likeness (QED) is 0.448. The van der Waals surface area contributed by atoms with Gasteiger partial charge in [0.25, 0.3) is 0 Å². The summed E-state index contributed by atoms with van der Waals surface area (Å²) in [6.45, 7) is 4.05. The first-order valence-corrected chi connectivity index (χ1v) is 11.2. The Balaban J connectivity index is 0.00000432. The molecular weight excluding hydrogens is 450 g/mol. The molecule has 8 heteroatoms. The highest BCUT2D eigenvalue weighted by molar-refractivity contribution is 5.92. The zero-order chi connectivity index (χ0) is 24.8. The van der Waals surface area contributed by atoms with Crippen molar-refractivity contribution in [3.05, 3.63) is 71.4 Å². The molecule has 3 aromatic rings. The minimum atomic E-state index is -0.987. The monoisotopic (exact) mass is 484 g/mol. The molecule has 0 bridgehead atoms. The summed E-state index contributed by atoms with van der Waals surface area (Å²) in [6, 6.07) is 10.4. The van der Waals surface area contributed by atoms with Crippen molar-refractivity contribution in [1.82, 2.24) is 15.2 Å². The Morgan fingerprint density at radius 3 is 2.46 bits per heavy atom. The van der Waals surface area contributed by atoms with Crippen molar-refractivity contribution in [1.29, 1.82) is 0 Å². The van der Waals surface area contributed by atoms with Crippen molar-refractivity contribution in [3.8, 4) is 0 Å². The number of likely N-dealkylation sites (N-methyl/N-ethyl adjacent to an activating group) is 1. The number of Topliss-reactive ketones (excluding diaryl/α,β-unsaturated/α-hetero) is 1. The normalized spacial score (nSPS) is 12.0. The average molecular weight is 485 g/mol. The number of nitrogens with one attached hydrogen (secondary N) is 1. The van der Waals surface area contributed by atoms with Crippen LogP contribution in [-0.2, 0) is 22.4 Å². The summed E-state index contributed by atoms with van der Waals surface area (Å²) in [5.41, 5.74) is 7.28. The van der Waals surface area contributed by atoms with Gasteiger partial charge in [-0.25, -0.2) is 13.8 Å². The maximum atomic E-state index is 13.7. The molecule has 0 saturated heterocycles. The van der Waals surface area contributed by atoms with Gasteiger partial charge >= 0.3 is 0 Å². The Bertz CT molecular complexity index is 1180. The van der Waals surface area contributed by atoms with Crippen LogP contribution in [0, 0.1) is 11.6 Å². The van der Waals surface area contributed by atoms with Crippen LogP contribution in [0.1, 0.15) is 38.8 Å². The van der Waals surface area contributed by atoms with E-state index in [9.17, 15) is 18.4 Å². The number of pyridine rings is 1. The van der Waals surface area contributed by atoms with Crippen molar-refractivity contribution < 1.29 is 18.4 Å². The van der Waals surface area contributed by atoms with E-state index in [2.05, 4.69) is 10.3 Å². The highest BCUT2D eigenvalue weighted by Crippen LogP contribution is 2.21. The lowest BCUT2D eigenvalue weighted by Gasteiger charge is -2.23. The SMILES string of the molecule is C.CC(C)N(C)CC(=O)N[C@@H](Cc1ccc(F)c(F)c1)C(=O)CCc1ccc2c(N)nccc2c1. The predicted molar refractivity (Wildman–Crippen MR) is 136 cm³/mol. The van der Waals surface area contributed by atoms with E-state index in [1.54, 1.807) is 6.20 Å². The van der Waals surface area contributed by atoms with Gasteiger partial charge in [-0.05, 0) is 68.4 Å². The van der Waals surface area contributed by atoms with Crippen molar-refractivity contribution in [2.24, 2.45) is 0 Å². The third-order valence-corrected chi connectivity index (χ3v) is 5.94. The highest BCUT2D eigenvalue weighted by atomic mass is 19.2. The Morgan fingerprint density at radius 1 is 1.06 bits per heavy atom. The van der Waals surface area contributed by atoms with Crippen LogP contribution in [0.5, 0.6) is 0 Å². The molecular formula is C27H34F2N4O2. The van der Waals surface area contributed by atoms with Crippen molar-refractivity contribution in [3.63, 3.8) is 0 Å². The molecule has 0 fully saturated rings. The van der Waals surface area contributed by atoms with Crippen molar-refractivity contribution >= 4 is 28.3 Å². The summed E-state index contributed by atoms with van der Waals surface area (Å²) >= 11 is 0. The fourth-order valence-electron chi connectivity index (χ4n) is 3.64. The van der Waals surface area contributed by atoms with E-state index in [4.69, 9.17) is 5.73 Å². The Kier molecular flexibility index (Phi) is 9.83. The molecule has 188 valence electrons. The molecule has 0 radical (unpaired) electrons. The summed E-state index contributed by atoms with van der Waals surface area (Å²) < 4.78 is 27.1. The zero-order valence-electron chi connectivity index (χ0n) is 19.6. The Hall–Kier alpha value is -3.39. The van der Waals surface area contributed by atoms with E-state index < -0.39 is 17.7 Å². The third kappa shape index (κ3) is 7.55. The molecule has 0 aliphatic heterocycles. The van der Waals surface area contributed by atoms with Gasteiger partial charge in [0.15, 0.2) is 17.4 Å². The van der Waals surface area contributed by atoms with Crippen LogP contribution in [0.25, 0.3) is 10.8 Å². The second-order valence-electron chi connectivity index (χ2n) is 8.80. The first kappa shape index (κ1) is 27.9. The molecule has 6 nitrogen and oxygen atoms in total. The third-order valence-electron chi connectivity index (χ3n) is 5.94. The number of halogens is 2. The van der Waals surface area contributed by atoms with Crippen LogP contribution in [0.4, 0.5) is 14.6 Å². The molecule has 0 aliphatic carbocycles. The number of hydrogen-bond donors (Lipinski definition) is 2. The van der Waals surface area contributed by atoms with Gasteiger partial charge in [0.05, 0.1) is 12.6 Å². The van der Waals surface area contributed by atoms with E-state index in [-0.39, 0.29) is 44.5 Å². The number of nitrogens with zero attached hydrogens (tertiary/aromatic N) is 2. The van der Waals surface area contributed by atoms with Gasteiger partial charge in [0, 0.05) is 24.0 Å². The van der Waals surface area contributed by atoms with Crippen LogP contribution < -0.4 is 11.1 Å². The van der Waals surface area contributed by atoms with E-state index in [1.165, 1.54) is 6.07 Å². The predicted octanol–water partition coefficient (Wildman–Crippen LogP) is 4.30. The largest absolute Gasteiger partial charge is 0.383 e. The van der Waals surface area contributed by atoms with Crippen LogP contribution >= 0.6 is 0 Å². The molecule has 0 saturated carbocycles. The number of aromatic nitrogens is 1. The molecule has 1 amide bonds. The first-order chi connectivity index (χ1) is 16.1. The van der Waals surface area contributed by atoms with Gasteiger partial charge in [0.2, 0.25) is 5.91 Å². The minimum Gasteiger partial charge on any atom is -0.383 e. The van der Waals surface area contributed by atoms with E-state index in [1.807, 2.05) is 50.1 Å². The Labute approximate surface area is 205 Å². The standard InChI is InChI=1S/C26H30F2N4O2.CH4/c1-16(2)32(3)15-25(34)31-23(14-18-5-8-21(27)22(28)13-18)24(33)9-6-17-4-7-20-19(12-17)10-11-30-26(20)29;/h4-5,7-8,10-13,16,23H,6,9,14-15H2,1-3H3,(H2,29,30)(H,31,34);1H4/t23-;/m0./s1. The smallest absolute Gasteiger partial charge is 0.234 e. The molecule has 1 aromatic heterocycles. The molecule has 0 aliphatic rings. The number of rotatable bonds is 10. The van der Waals surface area contributed by atoms with Crippen LogP contribution in [0.2, 0.25) is 0 Å². The Morgan fingerprint density at radius 2 is 1.77 bits per heavy atom. The number of ketones is 1. The number of carbonyl (C=O) groups excluding carboxylic acids is 2. The fraction of sp³-hybridized carbons (Fsp3) is 0.370. The molecule has 35 heavy (non-hydrogen) atoms. The number of anilines is 1. The summed E-state index contributed by atoms with van der Waals surface area (Å²) in [5.74, 6) is -1.98. The molecule has 2 aromatic carbocycles. The highest BCUT2D eigenvalue weighted by Gasteiger charge is 2.22. The average Bonchev–Trinajstić information content (AvgIpc) is 2.79. The molecule has 1 heterocycles. The van der Waals surface area contributed by atoms with Gasteiger partial charge in [-0.1, -0.05) is 31.7 Å². The van der Waals surface area contributed by atoms with E-state index >= 15 is 0 Å². The van der Waals surface area contributed by atoms with Gasteiger partial charge in [0.1, 0.15) is 5.82 Å².